The van der Waals surface area contributed by atoms with Crippen LogP contribution in [0.25, 0.3) is 0 Å². The first-order chi connectivity index (χ1) is 13.1. The lowest BCUT2D eigenvalue weighted by Gasteiger charge is -2.38. The number of likely N-dealkylation sites (tertiary alicyclic amines) is 1. The highest BCUT2D eigenvalue weighted by Gasteiger charge is 2.25. The normalized spacial score (nSPS) is 20.2. The molecule has 7 heteroatoms. The molecule has 2 rings (SSSR count). The number of carbonyl (C=O) groups excluding carboxylic acids is 1. The van der Waals surface area contributed by atoms with E-state index in [0.29, 0.717) is 25.0 Å². The van der Waals surface area contributed by atoms with Gasteiger partial charge in [0.2, 0.25) is 5.91 Å². The maximum atomic E-state index is 11.7. The molecule has 0 saturated carbocycles. The van der Waals surface area contributed by atoms with Crippen LogP contribution in [-0.4, -0.2) is 55.5 Å². The minimum atomic E-state index is 0. The predicted molar refractivity (Wildman–Crippen MR) is 127 cm³/mol. The molecule has 0 bridgehead atoms. The smallest absolute Gasteiger partial charge is 0.221 e. The largest absolute Gasteiger partial charge is 0.356 e. The first-order valence-electron chi connectivity index (χ1n) is 10.1. The Morgan fingerprint density at radius 1 is 1.21 bits per heavy atom. The Balaban J connectivity index is 0.00000392. The average molecular weight is 501 g/mol. The number of nitrogens with one attached hydrogen (secondary N) is 3. The van der Waals surface area contributed by atoms with E-state index in [1.54, 1.807) is 7.05 Å². The van der Waals surface area contributed by atoms with E-state index in [0.717, 1.165) is 44.9 Å². The fourth-order valence-electron chi connectivity index (χ4n) is 3.44. The molecule has 1 aliphatic heterocycles. The maximum Gasteiger partial charge on any atom is 0.221 e. The minimum Gasteiger partial charge on any atom is -0.356 e. The van der Waals surface area contributed by atoms with E-state index in [1.165, 1.54) is 5.56 Å². The van der Waals surface area contributed by atoms with E-state index < -0.39 is 0 Å². The van der Waals surface area contributed by atoms with Crippen LogP contribution in [0.2, 0.25) is 0 Å². The fourth-order valence-corrected chi connectivity index (χ4v) is 3.44. The minimum absolute atomic E-state index is 0. The molecular weight excluding hydrogens is 465 g/mol. The number of carbonyl (C=O) groups is 1. The van der Waals surface area contributed by atoms with Crippen LogP contribution in [0.1, 0.15) is 45.1 Å². The molecule has 28 heavy (non-hydrogen) atoms. The third kappa shape index (κ3) is 8.77. The SMILES string of the molecule is CCCNC(=O)CCNC(=NC)NC1CCN(Cc2ccccc2)C(C)C1.I. The van der Waals surface area contributed by atoms with Gasteiger partial charge in [-0.05, 0) is 31.7 Å². The summed E-state index contributed by atoms with van der Waals surface area (Å²) in [4.78, 5) is 18.5. The summed E-state index contributed by atoms with van der Waals surface area (Å²) in [6, 6.07) is 11.6. The third-order valence-electron chi connectivity index (χ3n) is 5.02. The van der Waals surface area contributed by atoms with Crippen molar-refractivity contribution >= 4 is 35.8 Å². The summed E-state index contributed by atoms with van der Waals surface area (Å²) < 4.78 is 0. The molecule has 1 fully saturated rings. The molecule has 0 spiro atoms. The first-order valence-corrected chi connectivity index (χ1v) is 10.1. The number of nitrogens with zero attached hydrogens (tertiary/aromatic N) is 2. The van der Waals surface area contributed by atoms with E-state index in [-0.39, 0.29) is 29.9 Å². The highest BCUT2D eigenvalue weighted by atomic mass is 127. The molecule has 1 aromatic carbocycles. The van der Waals surface area contributed by atoms with Crippen molar-refractivity contribution in [2.45, 2.75) is 58.2 Å². The summed E-state index contributed by atoms with van der Waals surface area (Å²) in [5, 5.41) is 9.66. The molecular formula is C21H36IN5O. The molecule has 0 radical (unpaired) electrons. The number of hydrogen-bond donors (Lipinski definition) is 3. The first kappa shape index (κ1) is 24.7. The summed E-state index contributed by atoms with van der Waals surface area (Å²) in [6.45, 7) is 7.77. The molecule has 1 saturated heterocycles. The van der Waals surface area contributed by atoms with Gasteiger partial charge in [0.05, 0.1) is 0 Å². The Bertz CT molecular complexity index is 596. The van der Waals surface area contributed by atoms with E-state index in [1.807, 2.05) is 0 Å². The zero-order valence-corrected chi connectivity index (χ0v) is 19.7. The second-order valence-electron chi connectivity index (χ2n) is 7.27. The zero-order chi connectivity index (χ0) is 19.5. The Morgan fingerprint density at radius 3 is 2.61 bits per heavy atom. The maximum absolute atomic E-state index is 11.7. The number of halogens is 1. The highest BCUT2D eigenvalue weighted by molar-refractivity contribution is 14.0. The van der Waals surface area contributed by atoms with Crippen molar-refractivity contribution in [3.05, 3.63) is 35.9 Å². The van der Waals surface area contributed by atoms with Gasteiger partial charge in [-0.2, -0.15) is 0 Å². The van der Waals surface area contributed by atoms with Gasteiger partial charge in [-0.1, -0.05) is 37.3 Å². The number of aliphatic imine (C=N–C) groups is 1. The van der Waals surface area contributed by atoms with Crippen LogP contribution < -0.4 is 16.0 Å². The molecule has 2 unspecified atom stereocenters. The average Bonchev–Trinajstić information content (AvgIpc) is 2.68. The van der Waals surface area contributed by atoms with E-state index in [9.17, 15) is 4.79 Å². The molecule has 1 amide bonds. The fraction of sp³-hybridized carbons (Fsp3) is 0.619. The van der Waals surface area contributed by atoms with Crippen molar-refractivity contribution in [2.24, 2.45) is 4.99 Å². The highest BCUT2D eigenvalue weighted by Crippen LogP contribution is 2.19. The molecule has 158 valence electrons. The van der Waals surface area contributed by atoms with Crippen LogP contribution in [0, 0.1) is 0 Å². The van der Waals surface area contributed by atoms with Crippen LogP contribution in [0.3, 0.4) is 0 Å². The zero-order valence-electron chi connectivity index (χ0n) is 17.4. The van der Waals surface area contributed by atoms with Gasteiger partial charge in [0, 0.05) is 51.7 Å². The Hall–Kier alpha value is -1.35. The number of amides is 1. The second-order valence-corrected chi connectivity index (χ2v) is 7.27. The van der Waals surface area contributed by atoms with Crippen molar-refractivity contribution in [3.63, 3.8) is 0 Å². The van der Waals surface area contributed by atoms with Crippen molar-refractivity contribution in [2.75, 3.05) is 26.7 Å². The van der Waals surface area contributed by atoms with Crippen molar-refractivity contribution in [3.8, 4) is 0 Å². The number of benzene rings is 1. The number of hydrogen-bond acceptors (Lipinski definition) is 3. The van der Waals surface area contributed by atoms with Gasteiger partial charge in [-0.3, -0.25) is 14.7 Å². The number of rotatable bonds is 8. The van der Waals surface area contributed by atoms with Crippen LogP contribution in [0.4, 0.5) is 0 Å². The molecule has 0 aliphatic carbocycles. The van der Waals surface area contributed by atoms with Crippen molar-refractivity contribution in [1.82, 2.24) is 20.9 Å². The quantitative estimate of drug-likeness (QED) is 0.291. The lowest BCUT2D eigenvalue weighted by molar-refractivity contribution is -0.120. The molecule has 1 aromatic rings. The Kier molecular flexibility index (Phi) is 12.1. The van der Waals surface area contributed by atoms with Gasteiger partial charge >= 0.3 is 0 Å². The topological polar surface area (TPSA) is 68.8 Å². The van der Waals surface area contributed by atoms with Crippen LogP contribution in [0.5, 0.6) is 0 Å². The molecule has 2 atom stereocenters. The lowest BCUT2D eigenvalue weighted by Crippen LogP contribution is -2.51. The van der Waals surface area contributed by atoms with Crippen LogP contribution in [0.15, 0.2) is 35.3 Å². The number of guanidine groups is 1. The summed E-state index contributed by atoms with van der Waals surface area (Å²) >= 11 is 0. The van der Waals surface area contributed by atoms with E-state index in [2.05, 4.69) is 70.0 Å². The monoisotopic (exact) mass is 501 g/mol. The van der Waals surface area contributed by atoms with Crippen molar-refractivity contribution < 1.29 is 4.79 Å². The summed E-state index contributed by atoms with van der Waals surface area (Å²) in [6.07, 6.45) is 3.61. The number of piperidine rings is 1. The summed E-state index contributed by atoms with van der Waals surface area (Å²) in [5.74, 6) is 0.870. The molecule has 0 aromatic heterocycles. The lowest BCUT2D eigenvalue weighted by atomic mass is 9.97. The second kappa shape index (κ2) is 13.8. The predicted octanol–water partition coefficient (Wildman–Crippen LogP) is 2.74. The molecule has 1 heterocycles. The van der Waals surface area contributed by atoms with Gasteiger partial charge in [0.1, 0.15) is 0 Å². The van der Waals surface area contributed by atoms with Gasteiger partial charge in [0.15, 0.2) is 5.96 Å². The van der Waals surface area contributed by atoms with Crippen LogP contribution in [-0.2, 0) is 11.3 Å². The molecule has 6 nitrogen and oxygen atoms in total. The van der Waals surface area contributed by atoms with Gasteiger partial charge in [-0.15, -0.1) is 24.0 Å². The summed E-state index contributed by atoms with van der Waals surface area (Å²) in [7, 11) is 1.78. The van der Waals surface area contributed by atoms with Crippen molar-refractivity contribution in [1.29, 1.82) is 0 Å². The third-order valence-corrected chi connectivity index (χ3v) is 5.02. The molecule has 1 aliphatic rings. The molecule has 3 N–H and O–H groups in total. The van der Waals surface area contributed by atoms with E-state index >= 15 is 0 Å². The van der Waals surface area contributed by atoms with Gasteiger partial charge in [-0.25, -0.2) is 0 Å². The van der Waals surface area contributed by atoms with Gasteiger partial charge < -0.3 is 16.0 Å². The van der Waals surface area contributed by atoms with Crippen LogP contribution >= 0.6 is 24.0 Å². The Labute approximate surface area is 187 Å². The van der Waals surface area contributed by atoms with E-state index in [4.69, 9.17) is 0 Å². The Morgan fingerprint density at radius 2 is 1.96 bits per heavy atom. The van der Waals surface area contributed by atoms with Gasteiger partial charge in [0.25, 0.3) is 0 Å². The summed E-state index contributed by atoms with van der Waals surface area (Å²) in [5.41, 5.74) is 1.37. The standard InChI is InChI=1S/C21H35N5O.HI/c1-4-12-23-20(27)10-13-24-21(22-3)25-19-11-14-26(17(2)15-19)16-18-8-6-5-7-9-18;/h5-9,17,19H,4,10-16H2,1-3H3,(H,23,27)(H2,22,24,25);1H.